The molecule has 1 aromatic heterocycles. The number of furan rings is 1. The van der Waals surface area contributed by atoms with Crippen LogP contribution in [0.3, 0.4) is 0 Å². The van der Waals surface area contributed by atoms with E-state index in [1.165, 1.54) is 22.3 Å². The van der Waals surface area contributed by atoms with Crippen LogP contribution in [-0.4, -0.2) is 11.3 Å². The van der Waals surface area contributed by atoms with Gasteiger partial charge in [0.25, 0.3) is 11.2 Å². The number of rotatable bonds is 2. The Labute approximate surface area is 164 Å². The van der Waals surface area contributed by atoms with Gasteiger partial charge in [0.2, 0.25) is 0 Å². The molecule has 28 heavy (non-hydrogen) atoms. The standard InChI is InChI=1S/C26H21NO/c1-17-13-14-27(3)23(15-17)25-18(2)9-11-21-22-16-20(19-7-5-4-6-8-19)10-12-24(22)28-26(21)25/h4-16H,3H2,1-2H3. The van der Waals surface area contributed by atoms with Gasteiger partial charge in [0.05, 0.1) is 12.3 Å². The second-order valence-electron chi connectivity index (χ2n) is 7.37. The van der Waals surface area contributed by atoms with Crippen LogP contribution in [0, 0.1) is 13.0 Å². The van der Waals surface area contributed by atoms with Crippen LogP contribution in [0.5, 0.6) is 0 Å². The van der Waals surface area contributed by atoms with Gasteiger partial charge in [-0.15, -0.1) is 12.1 Å². The van der Waals surface area contributed by atoms with Crippen LogP contribution in [0.4, 0.5) is 0 Å². The first-order valence-electron chi connectivity index (χ1n) is 9.47. The summed E-state index contributed by atoms with van der Waals surface area (Å²) >= 11 is 0. The lowest BCUT2D eigenvalue weighted by molar-refractivity contribution is -0.417. The van der Waals surface area contributed by atoms with Gasteiger partial charge in [-0.1, -0.05) is 79.1 Å². The summed E-state index contributed by atoms with van der Waals surface area (Å²) in [5.41, 5.74) is 7.72. The highest BCUT2D eigenvalue weighted by Crippen LogP contribution is 2.38. The van der Waals surface area contributed by atoms with Gasteiger partial charge in [-0.3, -0.25) is 8.99 Å². The number of hydrogen-bond acceptors (Lipinski definition) is 0. The minimum absolute atomic E-state index is 0.907. The summed E-state index contributed by atoms with van der Waals surface area (Å²) in [7, 11) is 0. The van der Waals surface area contributed by atoms with Crippen molar-refractivity contribution >= 4 is 28.7 Å². The summed E-state index contributed by atoms with van der Waals surface area (Å²) in [4.78, 5) is 0. The van der Waals surface area contributed by atoms with E-state index in [1.807, 2.05) is 16.8 Å². The smallest absolute Gasteiger partial charge is 0.278 e. The van der Waals surface area contributed by atoms with Gasteiger partial charge >= 0.3 is 0 Å². The second kappa shape index (κ2) is 6.28. The van der Waals surface area contributed by atoms with E-state index >= 15 is 0 Å². The van der Waals surface area contributed by atoms with Crippen molar-refractivity contribution in [2.75, 3.05) is 0 Å². The Kier molecular flexibility index (Phi) is 3.73. The van der Waals surface area contributed by atoms with Crippen LogP contribution in [0.15, 0.2) is 89.0 Å². The highest BCUT2D eigenvalue weighted by molar-refractivity contribution is 6.08. The molecule has 0 radical (unpaired) electrons. The molecule has 0 N–H and O–H groups in total. The molecule has 3 aromatic carbocycles. The molecule has 0 atom stereocenters. The Bertz CT molecular complexity index is 1290. The molecule has 1 aliphatic rings. The van der Waals surface area contributed by atoms with E-state index in [0.29, 0.717) is 0 Å². The van der Waals surface area contributed by atoms with Gasteiger partial charge in [0.15, 0.2) is 6.04 Å². The average Bonchev–Trinajstić information content (AvgIpc) is 3.08. The second-order valence-corrected chi connectivity index (χ2v) is 7.37. The predicted molar refractivity (Wildman–Crippen MR) is 117 cm³/mol. The number of nitrogens with zero attached hydrogens (tertiary/aromatic N) is 1. The molecule has 0 bridgehead atoms. The predicted octanol–water partition coefficient (Wildman–Crippen LogP) is 6.63. The first-order chi connectivity index (χ1) is 13.6. The molecule has 0 saturated heterocycles. The summed E-state index contributed by atoms with van der Waals surface area (Å²) in [5, 5.41) is 2.27. The lowest BCUT2D eigenvalue weighted by Gasteiger charge is -2.18. The molecule has 0 amide bonds. The molecule has 0 fully saturated rings. The van der Waals surface area contributed by atoms with E-state index in [-0.39, 0.29) is 0 Å². The zero-order valence-electron chi connectivity index (χ0n) is 16.1. The van der Waals surface area contributed by atoms with Gasteiger partial charge in [-0.25, -0.2) is 0 Å². The Morgan fingerprint density at radius 2 is 1.79 bits per heavy atom. The van der Waals surface area contributed by atoms with Crippen LogP contribution in [0.1, 0.15) is 18.1 Å². The summed E-state index contributed by atoms with van der Waals surface area (Å²) in [6, 6.07) is 22.3. The number of aryl methyl sites for hydroxylation is 1. The SMILES string of the molecule is C=[N+]1C=CC(C)=C[C-]1c1c(C)ccc2c1[o+][c-]1ccc(-c3ccccc3)cc21. The Morgan fingerprint density at radius 1 is 0.964 bits per heavy atom. The third-order valence-electron chi connectivity index (χ3n) is 5.40. The number of benzene rings is 3. The van der Waals surface area contributed by atoms with Crippen LogP contribution in [0.25, 0.3) is 33.1 Å². The highest BCUT2D eigenvalue weighted by Gasteiger charge is 2.26. The van der Waals surface area contributed by atoms with Crippen LogP contribution < -0.4 is 0 Å². The largest absolute Gasteiger partial charge is 0.286 e. The van der Waals surface area contributed by atoms with Crippen molar-refractivity contribution in [2.45, 2.75) is 13.8 Å². The van der Waals surface area contributed by atoms with Crippen molar-refractivity contribution in [3.63, 3.8) is 0 Å². The van der Waals surface area contributed by atoms with Crippen molar-refractivity contribution in [3.05, 3.63) is 102 Å². The summed E-state index contributed by atoms with van der Waals surface area (Å²) < 4.78 is 8.28. The van der Waals surface area contributed by atoms with E-state index in [2.05, 4.69) is 87.3 Å². The fraction of sp³-hybridized carbons (Fsp3) is 0.0769. The fourth-order valence-corrected chi connectivity index (χ4v) is 3.92. The van der Waals surface area contributed by atoms with Gasteiger partial charge in [-0.05, 0) is 28.5 Å². The maximum atomic E-state index is 6.36. The molecule has 2 nitrogen and oxygen atoms in total. The van der Waals surface area contributed by atoms with Crippen LogP contribution in [-0.2, 0) is 0 Å². The zero-order chi connectivity index (χ0) is 19.3. The Morgan fingerprint density at radius 3 is 2.61 bits per heavy atom. The highest BCUT2D eigenvalue weighted by atomic mass is 16.3. The molecular weight excluding hydrogens is 342 g/mol. The van der Waals surface area contributed by atoms with E-state index < -0.39 is 0 Å². The summed E-state index contributed by atoms with van der Waals surface area (Å²) in [6.45, 7) is 8.39. The molecule has 5 rings (SSSR count). The van der Waals surface area contributed by atoms with E-state index in [9.17, 15) is 0 Å². The minimum atomic E-state index is 0.907. The molecule has 2 heteroatoms. The van der Waals surface area contributed by atoms with Crippen molar-refractivity contribution < 1.29 is 8.99 Å². The molecule has 0 spiro atoms. The van der Waals surface area contributed by atoms with E-state index in [1.54, 1.807) is 0 Å². The maximum Gasteiger partial charge on any atom is 0.278 e. The van der Waals surface area contributed by atoms with Crippen molar-refractivity contribution in [2.24, 2.45) is 0 Å². The molecular formula is C26H21NO. The van der Waals surface area contributed by atoms with Crippen molar-refractivity contribution in [3.8, 4) is 11.1 Å². The topological polar surface area (TPSA) is 14.3 Å². The molecule has 0 aliphatic carbocycles. The first-order valence-corrected chi connectivity index (χ1v) is 9.47. The Hall–Kier alpha value is -3.52. The van der Waals surface area contributed by atoms with Gasteiger partial charge in [-0.2, -0.15) is 0 Å². The fourth-order valence-electron chi connectivity index (χ4n) is 3.92. The monoisotopic (exact) mass is 363 g/mol. The lowest BCUT2D eigenvalue weighted by Crippen LogP contribution is -2.15. The maximum absolute atomic E-state index is 6.36. The normalized spacial score (nSPS) is 14.1. The summed E-state index contributed by atoms with van der Waals surface area (Å²) in [5.74, 6) is 0. The van der Waals surface area contributed by atoms with Gasteiger partial charge in [0.1, 0.15) is 6.20 Å². The first kappa shape index (κ1) is 16.6. The lowest BCUT2D eigenvalue weighted by atomic mass is 9.94. The van der Waals surface area contributed by atoms with Crippen LogP contribution in [0.2, 0.25) is 0 Å². The quantitative estimate of drug-likeness (QED) is 0.221. The third kappa shape index (κ3) is 2.57. The van der Waals surface area contributed by atoms with Crippen LogP contribution >= 0.6 is 0 Å². The number of hydrogen-bond donors (Lipinski definition) is 0. The molecule has 0 unspecified atom stereocenters. The molecule has 2 heterocycles. The minimum Gasteiger partial charge on any atom is -0.286 e. The van der Waals surface area contributed by atoms with E-state index in [0.717, 1.165) is 33.5 Å². The molecule has 1 aliphatic heterocycles. The average molecular weight is 363 g/mol. The molecule has 136 valence electrons. The van der Waals surface area contributed by atoms with Gasteiger partial charge in [0, 0.05) is 0 Å². The third-order valence-corrected chi connectivity index (χ3v) is 5.40. The number of allylic oxidation sites excluding steroid dienone is 2. The summed E-state index contributed by atoms with van der Waals surface area (Å²) in [6.07, 6.45) is 6.23. The molecule has 4 aromatic rings. The molecule has 0 saturated carbocycles. The zero-order valence-corrected chi connectivity index (χ0v) is 16.1. The van der Waals surface area contributed by atoms with Gasteiger partial charge < -0.3 is 0 Å². The van der Waals surface area contributed by atoms with Crippen molar-refractivity contribution in [1.82, 2.24) is 0 Å². The van der Waals surface area contributed by atoms with Crippen molar-refractivity contribution in [1.29, 1.82) is 0 Å². The Balaban J connectivity index is 1.76. The van der Waals surface area contributed by atoms with E-state index in [4.69, 9.17) is 4.42 Å². The number of fused-ring (bicyclic) bond motifs is 3.